The van der Waals surface area contributed by atoms with E-state index in [-0.39, 0.29) is 12.5 Å². The molecule has 0 radical (unpaired) electrons. The Bertz CT molecular complexity index is 1090. The van der Waals surface area contributed by atoms with E-state index < -0.39 is 6.10 Å². The van der Waals surface area contributed by atoms with Crippen molar-refractivity contribution in [2.75, 3.05) is 39.9 Å². The Morgan fingerprint density at radius 3 is 2.62 bits per heavy atom. The van der Waals surface area contributed by atoms with Crippen molar-refractivity contribution < 1.29 is 23.5 Å². The Morgan fingerprint density at radius 2 is 1.81 bits per heavy atom. The zero-order chi connectivity index (χ0) is 21.9. The predicted octanol–water partition coefficient (Wildman–Crippen LogP) is 2.83. The van der Waals surface area contributed by atoms with E-state index in [0.29, 0.717) is 31.1 Å². The van der Waals surface area contributed by atoms with Gasteiger partial charge in [-0.05, 0) is 24.3 Å². The van der Waals surface area contributed by atoms with Gasteiger partial charge in [-0.1, -0.05) is 29.4 Å². The molecule has 1 fully saturated rings. The van der Waals surface area contributed by atoms with E-state index in [0.717, 1.165) is 35.9 Å². The lowest BCUT2D eigenvalue weighted by molar-refractivity contribution is -0.143. The van der Waals surface area contributed by atoms with Crippen LogP contribution < -0.4 is 14.2 Å². The van der Waals surface area contributed by atoms with Crippen LogP contribution in [0.4, 0.5) is 0 Å². The molecule has 5 rings (SSSR count). The van der Waals surface area contributed by atoms with Crippen LogP contribution in [0.2, 0.25) is 0 Å². The molecule has 166 valence electrons. The van der Waals surface area contributed by atoms with Crippen LogP contribution in [0.5, 0.6) is 17.2 Å². The summed E-state index contributed by atoms with van der Waals surface area (Å²) in [5.74, 6) is 2.81. The number of aromatic nitrogens is 1. The summed E-state index contributed by atoms with van der Waals surface area (Å²) in [7, 11) is 1.64. The van der Waals surface area contributed by atoms with Crippen LogP contribution in [0.15, 0.2) is 59.1 Å². The SMILES string of the molecule is COc1ccccc1-c1cc(CN2CCN(C(=O)C3COc4ccccc4O3)CC2)on1. The van der Waals surface area contributed by atoms with Gasteiger partial charge in [-0.15, -0.1) is 0 Å². The Morgan fingerprint density at radius 1 is 1.06 bits per heavy atom. The Balaban J connectivity index is 1.16. The summed E-state index contributed by atoms with van der Waals surface area (Å²) in [6.45, 7) is 3.64. The van der Waals surface area contributed by atoms with Gasteiger partial charge in [-0.3, -0.25) is 9.69 Å². The number of carbonyl (C=O) groups excluding carboxylic acids is 1. The second-order valence-corrected chi connectivity index (χ2v) is 7.84. The summed E-state index contributed by atoms with van der Waals surface area (Å²) in [5.41, 5.74) is 1.65. The van der Waals surface area contributed by atoms with Crippen LogP contribution in [0.1, 0.15) is 5.76 Å². The average Bonchev–Trinajstić information content (AvgIpc) is 3.32. The van der Waals surface area contributed by atoms with Crippen LogP contribution in [-0.4, -0.2) is 66.9 Å². The standard InChI is InChI=1S/C24H25N3O5/c1-29-20-7-3-2-6-18(20)19-14-17(32-25-19)15-26-10-12-27(13-11-26)24(28)23-16-30-21-8-4-5-9-22(21)31-23/h2-9,14,23H,10-13,15-16H2,1H3. The molecule has 2 aromatic carbocycles. The minimum absolute atomic E-state index is 0.0303. The zero-order valence-electron chi connectivity index (χ0n) is 17.9. The van der Waals surface area contributed by atoms with Crippen molar-refractivity contribution in [2.24, 2.45) is 0 Å². The topological polar surface area (TPSA) is 77.3 Å². The molecule has 0 bridgehead atoms. The molecular weight excluding hydrogens is 410 g/mol. The normalized spacial score (nSPS) is 18.4. The molecule has 0 N–H and O–H groups in total. The maximum absolute atomic E-state index is 12.9. The highest BCUT2D eigenvalue weighted by atomic mass is 16.6. The van der Waals surface area contributed by atoms with Gasteiger partial charge in [0.1, 0.15) is 18.1 Å². The average molecular weight is 435 g/mol. The molecule has 3 heterocycles. The number of amides is 1. The van der Waals surface area contributed by atoms with Crippen molar-refractivity contribution in [3.63, 3.8) is 0 Å². The fourth-order valence-electron chi connectivity index (χ4n) is 4.06. The number of hydrogen-bond acceptors (Lipinski definition) is 7. The zero-order valence-corrected chi connectivity index (χ0v) is 17.9. The van der Waals surface area contributed by atoms with Gasteiger partial charge in [0.25, 0.3) is 5.91 Å². The minimum atomic E-state index is -0.603. The van der Waals surface area contributed by atoms with Crippen LogP contribution in [-0.2, 0) is 11.3 Å². The van der Waals surface area contributed by atoms with E-state index in [2.05, 4.69) is 10.1 Å². The van der Waals surface area contributed by atoms with Gasteiger partial charge in [-0.2, -0.15) is 0 Å². The molecule has 1 aromatic heterocycles. The molecule has 0 aliphatic carbocycles. The lowest BCUT2D eigenvalue weighted by atomic mass is 10.1. The third kappa shape index (κ3) is 4.13. The number of piperazine rings is 1. The molecule has 2 aliphatic heterocycles. The number of benzene rings is 2. The summed E-state index contributed by atoms with van der Waals surface area (Å²) in [5, 5.41) is 4.21. The minimum Gasteiger partial charge on any atom is -0.496 e. The fraction of sp³-hybridized carbons (Fsp3) is 0.333. The van der Waals surface area contributed by atoms with Gasteiger partial charge >= 0.3 is 0 Å². The number of hydrogen-bond donors (Lipinski definition) is 0. The highest BCUT2D eigenvalue weighted by Crippen LogP contribution is 2.32. The van der Waals surface area contributed by atoms with Gasteiger partial charge in [0, 0.05) is 37.8 Å². The molecule has 1 atom stereocenters. The first-order valence-electron chi connectivity index (χ1n) is 10.7. The molecule has 3 aromatic rings. The van der Waals surface area contributed by atoms with E-state index in [4.69, 9.17) is 18.7 Å². The van der Waals surface area contributed by atoms with E-state index in [1.807, 2.05) is 59.5 Å². The quantitative estimate of drug-likeness (QED) is 0.610. The summed E-state index contributed by atoms with van der Waals surface area (Å²) >= 11 is 0. The molecule has 0 spiro atoms. The fourth-order valence-corrected chi connectivity index (χ4v) is 4.06. The van der Waals surface area contributed by atoms with Crippen LogP contribution >= 0.6 is 0 Å². The predicted molar refractivity (Wildman–Crippen MR) is 117 cm³/mol. The van der Waals surface area contributed by atoms with Crippen LogP contribution in [0.3, 0.4) is 0 Å². The number of methoxy groups -OCH3 is 1. The molecule has 1 amide bonds. The lowest BCUT2D eigenvalue weighted by Crippen LogP contribution is -2.53. The molecule has 0 saturated carbocycles. The van der Waals surface area contributed by atoms with Crippen LogP contribution in [0, 0.1) is 0 Å². The maximum Gasteiger partial charge on any atom is 0.267 e. The van der Waals surface area contributed by atoms with Crippen molar-refractivity contribution in [3.8, 4) is 28.5 Å². The van der Waals surface area contributed by atoms with E-state index in [1.54, 1.807) is 7.11 Å². The van der Waals surface area contributed by atoms with Crippen molar-refractivity contribution in [3.05, 3.63) is 60.4 Å². The number of ether oxygens (including phenoxy) is 3. The molecule has 1 unspecified atom stereocenters. The number of carbonyl (C=O) groups is 1. The number of nitrogens with zero attached hydrogens (tertiary/aromatic N) is 3. The van der Waals surface area contributed by atoms with Crippen molar-refractivity contribution >= 4 is 5.91 Å². The van der Waals surface area contributed by atoms with Gasteiger partial charge < -0.3 is 23.6 Å². The summed E-state index contributed by atoms with van der Waals surface area (Å²) in [6, 6.07) is 17.1. The molecule has 2 aliphatic rings. The highest BCUT2D eigenvalue weighted by Gasteiger charge is 2.32. The largest absolute Gasteiger partial charge is 0.496 e. The molecular formula is C24H25N3O5. The number of para-hydroxylation sites is 3. The van der Waals surface area contributed by atoms with Gasteiger partial charge in [-0.25, -0.2) is 0 Å². The molecule has 32 heavy (non-hydrogen) atoms. The first-order chi connectivity index (χ1) is 15.7. The van der Waals surface area contributed by atoms with E-state index in [1.165, 1.54) is 0 Å². The summed E-state index contributed by atoms with van der Waals surface area (Å²) in [6.07, 6.45) is -0.603. The third-order valence-corrected chi connectivity index (χ3v) is 5.79. The van der Waals surface area contributed by atoms with Gasteiger partial charge in [0.2, 0.25) is 6.10 Å². The highest BCUT2D eigenvalue weighted by molar-refractivity contribution is 5.82. The second-order valence-electron chi connectivity index (χ2n) is 7.84. The molecule has 8 heteroatoms. The lowest BCUT2D eigenvalue weighted by Gasteiger charge is -2.36. The summed E-state index contributed by atoms with van der Waals surface area (Å²) in [4.78, 5) is 17.0. The number of rotatable bonds is 5. The number of fused-ring (bicyclic) bond motifs is 1. The second kappa shape index (κ2) is 8.92. The van der Waals surface area contributed by atoms with Gasteiger partial charge in [0.15, 0.2) is 17.3 Å². The van der Waals surface area contributed by atoms with Gasteiger partial charge in [0.05, 0.1) is 13.7 Å². The van der Waals surface area contributed by atoms with Crippen molar-refractivity contribution in [1.82, 2.24) is 15.0 Å². The molecule has 1 saturated heterocycles. The first-order valence-corrected chi connectivity index (χ1v) is 10.7. The Labute approximate surface area is 186 Å². The smallest absolute Gasteiger partial charge is 0.267 e. The Kier molecular flexibility index (Phi) is 5.68. The Hall–Kier alpha value is -3.52. The maximum atomic E-state index is 12.9. The third-order valence-electron chi connectivity index (χ3n) is 5.79. The van der Waals surface area contributed by atoms with E-state index >= 15 is 0 Å². The summed E-state index contributed by atoms with van der Waals surface area (Å²) < 4.78 is 22.5. The molecule has 8 nitrogen and oxygen atoms in total. The van der Waals surface area contributed by atoms with Crippen molar-refractivity contribution in [1.29, 1.82) is 0 Å². The van der Waals surface area contributed by atoms with Crippen molar-refractivity contribution in [2.45, 2.75) is 12.6 Å². The first kappa shape index (κ1) is 20.4. The monoisotopic (exact) mass is 435 g/mol. The van der Waals surface area contributed by atoms with Crippen LogP contribution in [0.25, 0.3) is 11.3 Å². The van der Waals surface area contributed by atoms with E-state index in [9.17, 15) is 4.79 Å².